The SMILES string of the molecule is O=C(Nc1ccncc1)c1n[nH]c2ccc(-c3ccc(F)c(F)c3)cc12. The molecule has 0 aliphatic carbocycles. The smallest absolute Gasteiger partial charge is 0.276 e. The van der Waals surface area contributed by atoms with E-state index in [1.807, 2.05) is 0 Å². The Labute approximate surface area is 146 Å². The summed E-state index contributed by atoms with van der Waals surface area (Å²) < 4.78 is 26.7. The van der Waals surface area contributed by atoms with E-state index in [-0.39, 0.29) is 11.6 Å². The third-order valence-electron chi connectivity index (χ3n) is 3.97. The van der Waals surface area contributed by atoms with Gasteiger partial charge < -0.3 is 5.32 Å². The summed E-state index contributed by atoms with van der Waals surface area (Å²) in [6, 6.07) is 12.2. The maximum absolute atomic E-state index is 13.5. The minimum Gasteiger partial charge on any atom is -0.320 e. The lowest BCUT2D eigenvalue weighted by atomic mass is 10.0. The monoisotopic (exact) mass is 350 g/mol. The lowest BCUT2D eigenvalue weighted by Gasteiger charge is -2.05. The number of anilines is 1. The number of aromatic nitrogens is 3. The number of nitrogens with one attached hydrogen (secondary N) is 2. The number of benzene rings is 2. The number of amides is 1. The van der Waals surface area contributed by atoms with Crippen LogP contribution in [0.25, 0.3) is 22.0 Å². The topological polar surface area (TPSA) is 70.7 Å². The molecule has 0 fully saturated rings. The second-order valence-electron chi connectivity index (χ2n) is 5.65. The normalized spacial score (nSPS) is 10.8. The molecule has 0 bridgehead atoms. The van der Waals surface area contributed by atoms with E-state index in [1.165, 1.54) is 6.07 Å². The van der Waals surface area contributed by atoms with Gasteiger partial charge >= 0.3 is 0 Å². The van der Waals surface area contributed by atoms with Crippen molar-refractivity contribution in [2.45, 2.75) is 0 Å². The van der Waals surface area contributed by atoms with Crippen LogP contribution in [0.15, 0.2) is 60.9 Å². The highest BCUT2D eigenvalue weighted by Crippen LogP contribution is 2.27. The first kappa shape index (κ1) is 15.9. The molecule has 5 nitrogen and oxygen atoms in total. The highest BCUT2D eigenvalue weighted by molar-refractivity contribution is 6.11. The van der Waals surface area contributed by atoms with Crippen LogP contribution in [-0.2, 0) is 0 Å². The van der Waals surface area contributed by atoms with Crippen molar-refractivity contribution in [2.75, 3.05) is 5.32 Å². The minimum absolute atomic E-state index is 0.209. The number of hydrogen-bond donors (Lipinski definition) is 2. The molecule has 2 aromatic heterocycles. The van der Waals surface area contributed by atoms with Crippen LogP contribution in [0.1, 0.15) is 10.5 Å². The molecule has 2 heterocycles. The molecule has 0 atom stereocenters. The van der Waals surface area contributed by atoms with Crippen molar-refractivity contribution in [3.05, 3.63) is 78.3 Å². The Kier molecular flexibility index (Phi) is 3.89. The van der Waals surface area contributed by atoms with Crippen molar-refractivity contribution < 1.29 is 13.6 Å². The van der Waals surface area contributed by atoms with Gasteiger partial charge in [0.2, 0.25) is 0 Å². The molecule has 26 heavy (non-hydrogen) atoms. The van der Waals surface area contributed by atoms with Crippen molar-refractivity contribution >= 4 is 22.5 Å². The third-order valence-corrected chi connectivity index (χ3v) is 3.97. The predicted octanol–water partition coefficient (Wildman–Crippen LogP) is 4.16. The van der Waals surface area contributed by atoms with Crippen molar-refractivity contribution in [1.82, 2.24) is 15.2 Å². The van der Waals surface area contributed by atoms with Gasteiger partial charge in [0, 0.05) is 23.5 Å². The third kappa shape index (κ3) is 2.90. The Hall–Kier alpha value is -3.61. The lowest BCUT2D eigenvalue weighted by molar-refractivity contribution is 0.102. The molecule has 0 aliphatic heterocycles. The molecule has 0 radical (unpaired) electrons. The second-order valence-corrected chi connectivity index (χ2v) is 5.65. The summed E-state index contributed by atoms with van der Waals surface area (Å²) in [6.07, 6.45) is 3.14. The number of carbonyl (C=O) groups is 1. The number of halogens is 2. The summed E-state index contributed by atoms with van der Waals surface area (Å²) in [4.78, 5) is 16.4. The molecule has 2 N–H and O–H groups in total. The number of aromatic amines is 1. The van der Waals surface area contributed by atoms with Crippen molar-refractivity contribution in [3.8, 4) is 11.1 Å². The Balaban J connectivity index is 1.72. The zero-order chi connectivity index (χ0) is 18.1. The molecule has 128 valence electrons. The van der Waals surface area contributed by atoms with Crippen LogP contribution in [0, 0.1) is 11.6 Å². The summed E-state index contributed by atoms with van der Waals surface area (Å²) in [5.41, 5.74) is 2.62. The van der Waals surface area contributed by atoms with Gasteiger partial charge in [0.1, 0.15) is 0 Å². The summed E-state index contributed by atoms with van der Waals surface area (Å²) in [5, 5.41) is 10.2. The lowest BCUT2D eigenvalue weighted by Crippen LogP contribution is -2.12. The summed E-state index contributed by atoms with van der Waals surface area (Å²) in [5.74, 6) is -2.22. The van der Waals surface area contributed by atoms with Gasteiger partial charge in [-0.3, -0.25) is 14.9 Å². The largest absolute Gasteiger partial charge is 0.320 e. The number of pyridine rings is 1. The van der Waals surface area contributed by atoms with E-state index < -0.39 is 11.6 Å². The number of nitrogens with zero attached hydrogens (tertiary/aromatic N) is 2. The van der Waals surface area contributed by atoms with E-state index in [1.54, 1.807) is 42.7 Å². The minimum atomic E-state index is -0.926. The summed E-state index contributed by atoms with van der Waals surface area (Å²) >= 11 is 0. The number of rotatable bonds is 3. The van der Waals surface area contributed by atoms with Gasteiger partial charge in [-0.15, -0.1) is 0 Å². The highest BCUT2D eigenvalue weighted by Gasteiger charge is 2.15. The predicted molar refractivity (Wildman–Crippen MR) is 93.6 cm³/mol. The van der Waals surface area contributed by atoms with Crippen LogP contribution in [0.3, 0.4) is 0 Å². The van der Waals surface area contributed by atoms with E-state index >= 15 is 0 Å². The summed E-state index contributed by atoms with van der Waals surface area (Å²) in [7, 11) is 0. The maximum atomic E-state index is 13.5. The van der Waals surface area contributed by atoms with Gasteiger partial charge in [-0.2, -0.15) is 5.10 Å². The van der Waals surface area contributed by atoms with Crippen LogP contribution < -0.4 is 5.32 Å². The van der Waals surface area contributed by atoms with Gasteiger partial charge in [-0.05, 0) is 47.5 Å². The molecule has 1 amide bonds. The Bertz CT molecular complexity index is 1110. The van der Waals surface area contributed by atoms with Crippen molar-refractivity contribution in [2.24, 2.45) is 0 Å². The van der Waals surface area contributed by atoms with Crippen LogP contribution in [-0.4, -0.2) is 21.1 Å². The fourth-order valence-corrected chi connectivity index (χ4v) is 2.67. The Morgan fingerprint density at radius 2 is 1.65 bits per heavy atom. The van der Waals surface area contributed by atoms with E-state index in [0.29, 0.717) is 27.7 Å². The zero-order valence-corrected chi connectivity index (χ0v) is 13.3. The van der Waals surface area contributed by atoms with Gasteiger partial charge in [-0.25, -0.2) is 8.78 Å². The fraction of sp³-hybridized carbons (Fsp3) is 0. The molecular formula is C19H12F2N4O. The molecule has 0 unspecified atom stereocenters. The van der Waals surface area contributed by atoms with Gasteiger partial charge in [0.25, 0.3) is 5.91 Å². The first-order valence-corrected chi connectivity index (χ1v) is 7.77. The average Bonchev–Trinajstić information content (AvgIpc) is 3.08. The van der Waals surface area contributed by atoms with Crippen molar-refractivity contribution in [1.29, 1.82) is 0 Å². The first-order valence-electron chi connectivity index (χ1n) is 7.77. The van der Waals surface area contributed by atoms with Crippen LogP contribution >= 0.6 is 0 Å². The zero-order valence-electron chi connectivity index (χ0n) is 13.3. The molecule has 0 saturated heterocycles. The van der Waals surface area contributed by atoms with Gasteiger partial charge in [0.15, 0.2) is 17.3 Å². The number of carbonyl (C=O) groups excluding carboxylic acids is 1. The van der Waals surface area contributed by atoms with Crippen LogP contribution in [0.2, 0.25) is 0 Å². The number of hydrogen-bond acceptors (Lipinski definition) is 3. The standard InChI is InChI=1S/C19H12F2N4O/c20-15-3-1-12(10-16(15)21)11-2-4-17-14(9-11)18(25-24-17)19(26)23-13-5-7-22-8-6-13/h1-10H,(H,24,25)(H,22,23,26). The quantitative estimate of drug-likeness (QED) is 0.583. The Morgan fingerprint density at radius 1 is 0.923 bits per heavy atom. The molecule has 4 aromatic rings. The highest BCUT2D eigenvalue weighted by atomic mass is 19.2. The van der Waals surface area contributed by atoms with Crippen LogP contribution in [0.5, 0.6) is 0 Å². The van der Waals surface area contributed by atoms with E-state index in [2.05, 4.69) is 20.5 Å². The molecule has 0 spiro atoms. The van der Waals surface area contributed by atoms with E-state index in [0.717, 1.165) is 12.1 Å². The molecular weight excluding hydrogens is 338 g/mol. The van der Waals surface area contributed by atoms with Crippen LogP contribution in [0.4, 0.5) is 14.5 Å². The average molecular weight is 350 g/mol. The molecule has 2 aromatic carbocycles. The molecule has 4 rings (SSSR count). The first-order chi connectivity index (χ1) is 12.6. The number of fused-ring (bicyclic) bond motifs is 1. The maximum Gasteiger partial charge on any atom is 0.276 e. The molecule has 7 heteroatoms. The fourth-order valence-electron chi connectivity index (χ4n) is 2.67. The number of H-pyrrole nitrogens is 1. The van der Waals surface area contributed by atoms with Gasteiger partial charge in [-0.1, -0.05) is 12.1 Å². The molecule has 0 aliphatic rings. The Morgan fingerprint density at radius 3 is 2.42 bits per heavy atom. The van der Waals surface area contributed by atoms with Gasteiger partial charge in [0.05, 0.1) is 5.52 Å². The second kappa shape index (κ2) is 6.36. The summed E-state index contributed by atoms with van der Waals surface area (Å²) in [6.45, 7) is 0. The van der Waals surface area contributed by atoms with E-state index in [4.69, 9.17) is 0 Å². The van der Waals surface area contributed by atoms with Crippen molar-refractivity contribution in [3.63, 3.8) is 0 Å². The van der Waals surface area contributed by atoms with E-state index in [9.17, 15) is 13.6 Å². The molecule has 0 saturated carbocycles.